The summed E-state index contributed by atoms with van der Waals surface area (Å²) in [7, 11) is 0. The molecular weight excluding hydrogens is 504 g/mol. The van der Waals surface area contributed by atoms with Gasteiger partial charge in [-0.15, -0.1) is 0 Å². The van der Waals surface area contributed by atoms with E-state index in [0.29, 0.717) is 0 Å². The molecule has 0 bridgehead atoms. The molecule has 171 valence electrons. The van der Waals surface area contributed by atoms with Crippen molar-refractivity contribution in [2.75, 3.05) is 0 Å². The second kappa shape index (κ2) is 8.47. The van der Waals surface area contributed by atoms with Gasteiger partial charge in [0, 0.05) is 22.6 Å². The molecule has 0 aliphatic heterocycles. The summed E-state index contributed by atoms with van der Waals surface area (Å²) >= 11 is 0. The number of alkyl halides is 3. The summed E-state index contributed by atoms with van der Waals surface area (Å²) in [6.07, 6.45) is -5.56. The summed E-state index contributed by atoms with van der Waals surface area (Å²) in [6.45, 7) is 0.942. The number of aryl methyl sites for hydroxylation is 1. The Hall–Kier alpha value is -3.06. The van der Waals surface area contributed by atoms with Crippen LogP contribution < -0.4 is 0 Å². The average molecular weight is 510 g/mol. The number of benzene rings is 1. The molecule has 0 unspecified atom stereocenters. The first-order valence-corrected chi connectivity index (χ1v) is 7.85. The van der Waals surface area contributed by atoms with Gasteiger partial charge in [-0.05, 0) is 19.1 Å². The summed E-state index contributed by atoms with van der Waals surface area (Å²) in [5, 5.41) is 13.5. The number of halogens is 9. The van der Waals surface area contributed by atoms with Crippen molar-refractivity contribution in [3.05, 3.63) is 69.7 Å². The molecular formula is C17H6F9MnN3O2. The largest absolute Gasteiger partial charge is 0.493 e. The minimum absolute atomic E-state index is 0. The molecule has 0 saturated carbocycles. The summed E-state index contributed by atoms with van der Waals surface area (Å²) < 4.78 is 120. The van der Waals surface area contributed by atoms with Crippen molar-refractivity contribution in [3.8, 4) is 11.6 Å². The summed E-state index contributed by atoms with van der Waals surface area (Å²) in [5.74, 6) is -15.5. The minimum atomic E-state index is -5.56. The number of nitrogens with zero attached hydrogens (tertiary/aromatic N) is 3. The van der Waals surface area contributed by atoms with Crippen molar-refractivity contribution in [1.29, 1.82) is 0 Å². The van der Waals surface area contributed by atoms with Gasteiger partial charge in [0.25, 0.3) is 5.95 Å². The zero-order valence-corrected chi connectivity index (χ0v) is 16.3. The quantitative estimate of drug-likeness (QED) is 0.187. The smallest absolute Gasteiger partial charge is 0.436 e. The molecule has 1 radical (unpaired) electrons. The van der Waals surface area contributed by atoms with Crippen LogP contribution in [-0.4, -0.2) is 25.7 Å². The van der Waals surface area contributed by atoms with Crippen molar-refractivity contribution < 1.29 is 66.5 Å². The Bertz CT molecular complexity index is 1220. The van der Waals surface area contributed by atoms with Crippen molar-refractivity contribution >= 4 is 5.78 Å². The van der Waals surface area contributed by atoms with Crippen LogP contribution in [0.15, 0.2) is 12.1 Å². The number of aromatic hydroxyl groups is 1. The van der Waals surface area contributed by atoms with Gasteiger partial charge in [-0.25, -0.2) is 22.5 Å². The van der Waals surface area contributed by atoms with E-state index in [9.17, 15) is 49.4 Å². The molecule has 2 aromatic heterocycles. The van der Waals surface area contributed by atoms with E-state index in [1.807, 2.05) is 0 Å². The zero-order chi connectivity index (χ0) is 23.4. The van der Waals surface area contributed by atoms with Crippen LogP contribution in [0.25, 0.3) is 5.69 Å². The predicted molar refractivity (Wildman–Crippen MR) is 82.4 cm³/mol. The molecule has 0 fully saturated rings. The Kier molecular flexibility index (Phi) is 6.67. The number of rotatable bonds is 3. The normalized spacial score (nSPS) is 11.4. The molecule has 3 rings (SSSR count). The first-order chi connectivity index (χ1) is 14.3. The molecule has 0 aliphatic rings. The van der Waals surface area contributed by atoms with Gasteiger partial charge in [0.05, 0.1) is 5.69 Å². The topological polar surface area (TPSA) is 68.0 Å². The van der Waals surface area contributed by atoms with E-state index in [-0.39, 0.29) is 33.9 Å². The molecule has 0 amide bonds. The van der Waals surface area contributed by atoms with Gasteiger partial charge in [-0.2, -0.15) is 31.7 Å². The van der Waals surface area contributed by atoms with E-state index in [4.69, 9.17) is 0 Å². The number of hydrogen-bond donors (Lipinski definition) is 1. The fourth-order valence-electron chi connectivity index (χ4n) is 2.64. The van der Waals surface area contributed by atoms with Crippen LogP contribution in [0.1, 0.15) is 27.3 Å². The predicted octanol–water partition coefficient (Wildman–Crippen LogP) is 4.36. The maximum absolute atomic E-state index is 14.3. The van der Waals surface area contributed by atoms with Gasteiger partial charge >= 0.3 is 6.18 Å². The van der Waals surface area contributed by atoms with Crippen LogP contribution in [0.3, 0.4) is 0 Å². The van der Waals surface area contributed by atoms with Crippen molar-refractivity contribution in [2.24, 2.45) is 0 Å². The molecule has 0 saturated heterocycles. The molecule has 3 aromatic rings. The molecule has 0 atom stereocenters. The molecule has 32 heavy (non-hydrogen) atoms. The average Bonchev–Trinajstić information content (AvgIpc) is 2.95. The molecule has 15 heteroatoms. The number of ketones is 1. The van der Waals surface area contributed by atoms with E-state index in [2.05, 4.69) is 10.1 Å². The SMILES string of the molecule is Cc1nn(-c2c(F)c(F)nc(C(F)(F)F)c2F)c(O)c1C(=O)c1cc(F)c(F)c(F)c1.[Mn]. The monoisotopic (exact) mass is 510 g/mol. The minimum Gasteiger partial charge on any atom is -0.493 e. The van der Waals surface area contributed by atoms with Crippen LogP contribution >= 0.6 is 0 Å². The first-order valence-electron chi connectivity index (χ1n) is 7.85. The molecule has 1 aromatic carbocycles. The fraction of sp³-hybridized carbons (Fsp3) is 0.118. The fourth-order valence-corrected chi connectivity index (χ4v) is 2.64. The zero-order valence-electron chi connectivity index (χ0n) is 15.1. The number of carbonyl (C=O) groups excluding carboxylic acids is 1. The van der Waals surface area contributed by atoms with Gasteiger partial charge in [0.1, 0.15) is 11.3 Å². The second-order valence-corrected chi connectivity index (χ2v) is 6.00. The van der Waals surface area contributed by atoms with E-state index in [1.54, 1.807) is 0 Å². The van der Waals surface area contributed by atoms with Crippen molar-refractivity contribution in [3.63, 3.8) is 0 Å². The first kappa shape index (κ1) is 25.2. The maximum Gasteiger partial charge on any atom is 0.436 e. The third-order valence-electron chi connectivity index (χ3n) is 4.00. The van der Waals surface area contributed by atoms with Gasteiger partial charge in [-0.1, -0.05) is 0 Å². The molecule has 2 heterocycles. The summed E-state index contributed by atoms with van der Waals surface area (Å²) in [5.41, 5.74) is -6.71. The third kappa shape index (κ3) is 4.05. The Morgan fingerprint density at radius 3 is 2.00 bits per heavy atom. The van der Waals surface area contributed by atoms with Crippen LogP contribution in [-0.2, 0) is 23.2 Å². The Morgan fingerprint density at radius 2 is 1.50 bits per heavy atom. The van der Waals surface area contributed by atoms with Crippen LogP contribution in [0, 0.1) is 42.0 Å². The Labute approximate surface area is 182 Å². The molecule has 5 nitrogen and oxygen atoms in total. The van der Waals surface area contributed by atoms with Gasteiger partial charge in [-0.3, -0.25) is 4.79 Å². The van der Waals surface area contributed by atoms with E-state index >= 15 is 0 Å². The van der Waals surface area contributed by atoms with Gasteiger partial charge in [0.15, 0.2) is 29.0 Å². The summed E-state index contributed by atoms with van der Waals surface area (Å²) in [4.78, 5) is 14.6. The standard InChI is InChI=1S/C17H6F9N3O2.Mn/c1-4-8(13(30)5-2-6(18)9(20)7(19)3-5)16(31)29(28-4)12-10(21)14(17(24,25)26)27-15(23)11(12)22;/h2-3,31H,1H3;. The number of pyridine rings is 1. The van der Waals surface area contributed by atoms with E-state index in [1.165, 1.54) is 0 Å². The van der Waals surface area contributed by atoms with Crippen molar-refractivity contribution in [1.82, 2.24) is 14.8 Å². The van der Waals surface area contributed by atoms with E-state index in [0.717, 1.165) is 6.92 Å². The van der Waals surface area contributed by atoms with Crippen molar-refractivity contribution in [2.45, 2.75) is 13.1 Å². The van der Waals surface area contributed by atoms with Gasteiger partial charge in [0.2, 0.25) is 17.5 Å². The maximum atomic E-state index is 14.3. The van der Waals surface area contributed by atoms with Crippen LogP contribution in [0.2, 0.25) is 0 Å². The van der Waals surface area contributed by atoms with Gasteiger partial charge < -0.3 is 5.11 Å². The van der Waals surface area contributed by atoms with Crippen LogP contribution in [0.4, 0.5) is 39.5 Å². The molecule has 1 N–H and O–H groups in total. The molecule has 0 spiro atoms. The Balaban J connectivity index is 0.00000363. The molecule has 0 aliphatic carbocycles. The number of carbonyl (C=O) groups is 1. The summed E-state index contributed by atoms with van der Waals surface area (Å²) in [6, 6.07) is 0.484. The van der Waals surface area contributed by atoms with E-state index < -0.39 is 81.1 Å². The third-order valence-corrected chi connectivity index (χ3v) is 4.00. The Morgan fingerprint density at radius 1 is 0.969 bits per heavy atom. The second-order valence-electron chi connectivity index (χ2n) is 6.00. The number of aromatic nitrogens is 3. The number of hydrogen-bond acceptors (Lipinski definition) is 4. The van der Waals surface area contributed by atoms with Crippen LogP contribution in [0.5, 0.6) is 5.88 Å².